The first-order valence-corrected chi connectivity index (χ1v) is 15.0. The molecule has 2 aromatic rings. The van der Waals surface area contributed by atoms with Crippen molar-refractivity contribution in [1.82, 2.24) is 25.1 Å². The molecule has 1 N–H and O–H groups in total. The highest BCUT2D eigenvalue weighted by molar-refractivity contribution is 5.97. The lowest BCUT2D eigenvalue weighted by molar-refractivity contribution is -0.155. The van der Waals surface area contributed by atoms with Gasteiger partial charge >= 0.3 is 12.1 Å². The number of nitrogens with zero attached hydrogens (tertiary/aromatic N) is 5. The van der Waals surface area contributed by atoms with Crippen molar-refractivity contribution in [2.75, 3.05) is 64.0 Å². The number of anilines is 1. The molecule has 0 aliphatic carbocycles. The Bertz CT molecular complexity index is 1300. The summed E-state index contributed by atoms with van der Waals surface area (Å²) in [6, 6.07) is 9.94. The highest BCUT2D eigenvalue weighted by atomic mass is 16.6. The molecule has 13 heteroatoms. The fourth-order valence-electron chi connectivity index (χ4n) is 4.91. The van der Waals surface area contributed by atoms with Gasteiger partial charge in [0.05, 0.1) is 19.8 Å². The van der Waals surface area contributed by atoms with Gasteiger partial charge < -0.3 is 34.2 Å². The largest absolute Gasteiger partial charge is 0.460 e. The zero-order chi connectivity index (χ0) is 31.7. The van der Waals surface area contributed by atoms with Crippen molar-refractivity contribution in [3.8, 4) is 11.4 Å². The number of amides is 3. The third kappa shape index (κ3) is 9.12. The summed E-state index contributed by atoms with van der Waals surface area (Å²) in [5.74, 6) is -0.423. The van der Waals surface area contributed by atoms with Gasteiger partial charge in [-0.25, -0.2) is 14.8 Å². The number of ether oxygens (including phenoxy) is 3. The molecule has 44 heavy (non-hydrogen) atoms. The summed E-state index contributed by atoms with van der Waals surface area (Å²) in [5.41, 5.74) is 0.157. The van der Waals surface area contributed by atoms with Crippen LogP contribution >= 0.6 is 0 Å². The number of nitrogens with one attached hydrogen (secondary N) is 1. The predicted molar refractivity (Wildman–Crippen MR) is 162 cm³/mol. The lowest BCUT2D eigenvalue weighted by atomic mass is 10.1. The molecule has 2 aliphatic heterocycles. The van der Waals surface area contributed by atoms with Crippen LogP contribution in [0.3, 0.4) is 0 Å². The van der Waals surface area contributed by atoms with E-state index in [-0.39, 0.29) is 44.1 Å². The summed E-state index contributed by atoms with van der Waals surface area (Å²) in [4.78, 5) is 66.6. The van der Waals surface area contributed by atoms with Crippen LogP contribution in [-0.2, 0) is 23.8 Å². The third-order valence-electron chi connectivity index (χ3n) is 7.09. The molecule has 1 atom stereocenters. The zero-order valence-electron chi connectivity index (χ0n) is 25.9. The van der Waals surface area contributed by atoms with Crippen LogP contribution in [0.15, 0.2) is 36.4 Å². The summed E-state index contributed by atoms with van der Waals surface area (Å²) >= 11 is 0. The number of hydrogen-bond acceptors (Lipinski definition) is 10. The molecule has 1 aromatic carbocycles. The van der Waals surface area contributed by atoms with Crippen LogP contribution < -0.4 is 10.2 Å². The summed E-state index contributed by atoms with van der Waals surface area (Å²) in [5, 5.41) is 2.84. The van der Waals surface area contributed by atoms with E-state index in [0.717, 1.165) is 5.56 Å². The van der Waals surface area contributed by atoms with Crippen LogP contribution in [0.1, 0.15) is 51.0 Å². The van der Waals surface area contributed by atoms with Crippen LogP contribution in [0.2, 0.25) is 0 Å². The second kappa shape index (κ2) is 15.0. The van der Waals surface area contributed by atoms with E-state index >= 15 is 0 Å². The first-order chi connectivity index (χ1) is 21.0. The maximum absolute atomic E-state index is 13.7. The number of benzene rings is 1. The number of carbonyl (C=O) groups excluding carboxylic acids is 4. The summed E-state index contributed by atoms with van der Waals surface area (Å²) < 4.78 is 16.0. The van der Waals surface area contributed by atoms with Crippen LogP contribution in [0.5, 0.6) is 0 Å². The highest BCUT2D eigenvalue weighted by Gasteiger charge is 2.32. The SMILES string of the molecule is CCOC(=O)N1CCN(C(=O)C(CCC(=O)OC(C)(C)C)NC(=O)c2cc(N3CCOCC3)nc(-c3ccccc3)n2)CC1. The number of hydrogen-bond donors (Lipinski definition) is 1. The van der Waals surface area contributed by atoms with Crippen molar-refractivity contribution >= 4 is 29.7 Å². The van der Waals surface area contributed by atoms with Crippen LogP contribution in [0, 0.1) is 0 Å². The van der Waals surface area contributed by atoms with Gasteiger partial charge in [0.1, 0.15) is 23.2 Å². The fourth-order valence-corrected chi connectivity index (χ4v) is 4.91. The van der Waals surface area contributed by atoms with E-state index in [4.69, 9.17) is 19.2 Å². The van der Waals surface area contributed by atoms with Crippen molar-refractivity contribution in [2.24, 2.45) is 0 Å². The normalized spacial score (nSPS) is 16.2. The molecule has 1 aromatic heterocycles. The maximum Gasteiger partial charge on any atom is 0.409 e. The van der Waals surface area contributed by atoms with Gasteiger partial charge in [0.2, 0.25) is 5.91 Å². The van der Waals surface area contributed by atoms with E-state index in [2.05, 4.69) is 10.3 Å². The van der Waals surface area contributed by atoms with E-state index < -0.39 is 29.6 Å². The fraction of sp³-hybridized carbons (Fsp3) is 0.548. The standard InChI is InChI=1S/C31H42N6O7/c1-5-43-30(41)37-15-13-36(14-16-37)29(40)23(11-12-26(38)44-31(2,3)4)33-28(39)24-21-25(35-17-19-42-20-18-35)34-27(32-24)22-9-7-6-8-10-22/h6-10,21,23H,5,11-20H2,1-4H3,(H,33,39). The van der Waals surface area contributed by atoms with Gasteiger partial charge in [-0.15, -0.1) is 0 Å². The quantitative estimate of drug-likeness (QED) is 0.421. The number of esters is 1. The second-order valence-electron chi connectivity index (χ2n) is 11.6. The molecular weight excluding hydrogens is 568 g/mol. The van der Waals surface area contributed by atoms with Crippen LogP contribution in [0.4, 0.5) is 10.6 Å². The molecule has 3 heterocycles. The van der Waals surface area contributed by atoms with Crippen molar-refractivity contribution < 1.29 is 33.4 Å². The number of rotatable bonds is 9. The molecule has 0 spiro atoms. The molecule has 2 fully saturated rings. The van der Waals surface area contributed by atoms with Crippen molar-refractivity contribution in [1.29, 1.82) is 0 Å². The Kier molecular flexibility index (Phi) is 11.1. The monoisotopic (exact) mass is 610 g/mol. The van der Waals surface area contributed by atoms with E-state index in [9.17, 15) is 19.2 Å². The predicted octanol–water partition coefficient (Wildman–Crippen LogP) is 2.50. The Morgan fingerprint density at radius 3 is 2.25 bits per heavy atom. The van der Waals surface area contributed by atoms with Gasteiger partial charge in [0.15, 0.2) is 5.82 Å². The van der Waals surface area contributed by atoms with Crippen molar-refractivity contribution in [3.63, 3.8) is 0 Å². The molecule has 13 nitrogen and oxygen atoms in total. The number of carbonyl (C=O) groups is 4. The smallest absolute Gasteiger partial charge is 0.409 e. The topological polar surface area (TPSA) is 144 Å². The first-order valence-electron chi connectivity index (χ1n) is 15.0. The Labute approximate surface area is 257 Å². The van der Waals surface area contributed by atoms with E-state index in [1.165, 1.54) is 0 Å². The van der Waals surface area contributed by atoms with Gasteiger partial charge in [0, 0.05) is 57.3 Å². The first kappa shape index (κ1) is 32.6. The summed E-state index contributed by atoms with van der Waals surface area (Å²) in [7, 11) is 0. The molecule has 238 valence electrons. The molecule has 0 saturated carbocycles. The molecule has 0 radical (unpaired) electrons. The van der Waals surface area contributed by atoms with Gasteiger partial charge in [-0.3, -0.25) is 14.4 Å². The molecule has 0 bridgehead atoms. The van der Waals surface area contributed by atoms with Gasteiger partial charge in [-0.1, -0.05) is 30.3 Å². The van der Waals surface area contributed by atoms with Gasteiger partial charge in [-0.2, -0.15) is 0 Å². The minimum atomic E-state index is -1.02. The lowest BCUT2D eigenvalue weighted by Crippen LogP contribution is -2.56. The van der Waals surface area contributed by atoms with Crippen molar-refractivity contribution in [3.05, 3.63) is 42.1 Å². The van der Waals surface area contributed by atoms with Gasteiger partial charge in [0.25, 0.3) is 5.91 Å². The summed E-state index contributed by atoms with van der Waals surface area (Å²) in [6.45, 7) is 10.7. The molecular formula is C31H42N6O7. The molecule has 3 amide bonds. The van der Waals surface area contributed by atoms with E-state index in [0.29, 0.717) is 51.0 Å². The maximum atomic E-state index is 13.7. The Morgan fingerprint density at radius 1 is 0.955 bits per heavy atom. The van der Waals surface area contributed by atoms with E-state index in [1.807, 2.05) is 35.2 Å². The minimum Gasteiger partial charge on any atom is -0.460 e. The third-order valence-corrected chi connectivity index (χ3v) is 7.09. The van der Waals surface area contributed by atoms with Crippen molar-refractivity contribution in [2.45, 2.75) is 52.2 Å². The highest BCUT2D eigenvalue weighted by Crippen LogP contribution is 2.22. The number of piperazine rings is 1. The molecule has 4 rings (SSSR count). The second-order valence-corrected chi connectivity index (χ2v) is 11.6. The average Bonchev–Trinajstić information content (AvgIpc) is 3.02. The average molecular weight is 611 g/mol. The van der Waals surface area contributed by atoms with E-state index in [1.54, 1.807) is 43.6 Å². The van der Waals surface area contributed by atoms with Gasteiger partial charge in [-0.05, 0) is 34.1 Å². The minimum absolute atomic E-state index is 0.0323. The Morgan fingerprint density at radius 2 is 1.61 bits per heavy atom. The molecule has 1 unspecified atom stereocenters. The molecule has 2 saturated heterocycles. The number of aromatic nitrogens is 2. The van der Waals surface area contributed by atoms with Crippen LogP contribution in [0.25, 0.3) is 11.4 Å². The Hall–Kier alpha value is -4.26. The lowest BCUT2D eigenvalue weighted by Gasteiger charge is -2.36. The Balaban J connectivity index is 1.56. The molecule has 2 aliphatic rings. The zero-order valence-corrected chi connectivity index (χ0v) is 25.9. The number of morpholine rings is 1. The summed E-state index contributed by atoms with van der Waals surface area (Å²) in [6.07, 6.45) is -0.470. The van der Waals surface area contributed by atoms with Crippen LogP contribution in [-0.4, -0.2) is 114 Å².